The number of rotatable bonds is 6. The average Bonchev–Trinajstić information content (AvgIpc) is 2.92. The third-order valence-electron chi connectivity index (χ3n) is 2.89. The lowest BCUT2D eigenvalue weighted by molar-refractivity contribution is 0.848. The van der Waals surface area contributed by atoms with Crippen molar-refractivity contribution in [1.29, 1.82) is 0 Å². The summed E-state index contributed by atoms with van der Waals surface area (Å²) in [4.78, 5) is 12.0. The molecule has 0 bridgehead atoms. The number of hydrogen-bond donors (Lipinski definition) is 2. The molecular weight excluding hydrogens is 258 g/mol. The molecule has 0 amide bonds. The minimum Gasteiger partial charge on any atom is -0.354 e. The maximum Gasteiger partial charge on any atom is 0.148 e. The third-order valence-corrected chi connectivity index (χ3v) is 3.76. The van der Waals surface area contributed by atoms with E-state index in [0.29, 0.717) is 5.82 Å². The number of hydrazine groups is 1. The number of nitrogens with one attached hydrogen (secondary N) is 1. The lowest BCUT2D eigenvalue weighted by Gasteiger charge is -2.21. The first-order valence-corrected chi connectivity index (χ1v) is 7.18. The predicted octanol–water partition coefficient (Wildman–Crippen LogP) is 2.41. The normalized spacial score (nSPS) is 10.5. The molecule has 0 aliphatic heterocycles. The van der Waals surface area contributed by atoms with Crippen LogP contribution in [0.25, 0.3) is 0 Å². The lowest BCUT2D eigenvalue weighted by Crippen LogP contribution is -2.21. The highest BCUT2D eigenvalue weighted by Crippen LogP contribution is 2.25. The van der Waals surface area contributed by atoms with Gasteiger partial charge in [-0.2, -0.15) is 0 Å². The Morgan fingerprint density at radius 1 is 1.42 bits per heavy atom. The van der Waals surface area contributed by atoms with E-state index in [-0.39, 0.29) is 0 Å². The van der Waals surface area contributed by atoms with Crippen LogP contribution in [0.3, 0.4) is 0 Å². The first-order valence-electron chi connectivity index (χ1n) is 6.30. The van der Waals surface area contributed by atoms with Crippen LogP contribution in [0, 0.1) is 0 Å². The molecule has 2 heterocycles. The Hall–Kier alpha value is -1.66. The van der Waals surface area contributed by atoms with Gasteiger partial charge in [0.25, 0.3) is 0 Å². The van der Waals surface area contributed by atoms with E-state index in [9.17, 15) is 0 Å². The van der Waals surface area contributed by atoms with E-state index in [0.717, 1.165) is 30.8 Å². The van der Waals surface area contributed by atoms with E-state index < -0.39 is 0 Å². The summed E-state index contributed by atoms with van der Waals surface area (Å²) in [7, 11) is 2.04. The zero-order valence-corrected chi connectivity index (χ0v) is 12.1. The quantitative estimate of drug-likeness (QED) is 0.627. The van der Waals surface area contributed by atoms with E-state index in [1.807, 2.05) is 7.05 Å². The largest absolute Gasteiger partial charge is 0.354 e. The average molecular weight is 277 g/mol. The number of nitrogens with zero attached hydrogens (tertiary/aromatic N) is 3. The summed E-state index contributed by atoms with van der Waals surface area (Å²) in [6.45, 7) is 2.98. The number of nitrogens with two attached hydrogens (primary N) is 1. The second-order valence-corrected chi connectivity index (χ2v) is 5.39. The topological polar surface area (TPSA) is 67.1 Å². The van der Waals surface area contributed by atoms with Gasteiger partial charge >= 0.3 is 0 Å². The van der Waals surface area contributed by atoms with Crippen LogP contribution >= 0.6 is 11.3 Å². The molecule has 6 heteroatoms. The minimum absolute atomic E-state index is 0.713. The van der Waals surface area contributed by atoms with E-state index in [2.05, 4.69) is 44.7 Å². The molecule has 2 rings (SSSR count). The second kappa shape index (κ2) is 6.49. The molecule has 0 fully saturated rings. The molecule has 102 valence electrons. The maximum atomic E-state index is 5.53. The van der Waals surface area contributed by atoms with Crippen LogP contribution in [-0.4, -0.2) is 17.0 Å². The molecule has 3 N–H and O–H groups in total. The van der Waals surface area contributed by atoms with Gasteiger partial charge in [0.2, 0.25) is 0 Å². The second-order valence-electron chi connectivity index (χ2n) is 4.35. The molecule has 0 aliphatic rings. The van der Waals surface area contributed by atoms with Crippen molar-refractivity contribution < 1.29 is 0 Å². The van der Waals surface area contributed by atoms with Crippen molar-refractivity contribution in [2.24, 2.45) is 5.84 Å². The molecule has 2 aromatic rings. The Kier molecular flexibility index (Phi) is 4.70. The molecule has 0 aromatic carbocycles. The summed E-state index contributed by atoms with van der Waals surface area (Å²) < 4.78 is 0. The van der Waals surface area contributed by atoms with E-state index >= 15 is 0 Å². The molecule has 0 spiro atoms. The van der Waals surface area contributed by atoms with Gasteiger partial charge in [0, 0.05) is 17.5 Å². The molecule has 5 nitrogen and oxygen atoms in total. The van der Waals surface area contributed by atoms with E-state index in [1.165, 1.54) is 4.88 Å². The van der Waals surface area contributed by atoms with Gasteiger partial charge in [0.05, 0.1) is 6.54 Å². The van der Waals surface area contributed by atoms with Crippen molar-refractivity contribution in [2.45, 2.75) is 26.3 Å². The van der Waals surface area contributed by atoms with E-state index in [4.69, 9.17) is 5.84 Å². The number of hydrogen-bond acceptors (Lipinski definition) is 6. The monoisotopic (exact) mass is 277 g/mol. The van der Waals surface area contributed by atoms with Crippen LogP contribution in [0.1, 0.15) is 23.8 Å². The Labute approximate surface area is 117 Å². The molecule has 0 radical (unpaired) electrons. The van der Waals surface area contributed by atoms with Crippen molar-refractivity contribution in [3.8, 4) is 0 Å². The number of anilines is 2. The molecule has 0 saturated heterocycles. The number of aromatic nitrogens is 2. The highest BCUT2D eigenvalue weighted by atomic mass is 32.1. The van der Waals surface area contributed by atoms with Crippen LogP contribution in [0.5, 0.6) is 0 Å². The zero-order chi connectivity index (χ0) is 13.7. The molecular formula is C13H19N5S. The molecule has 0 saturated carbocycles. The minimum atomic E-state index is 0.713. The Morgan fingerprint density at radius 3 is 2.89 bits per heavy atom. The SMILES string of the molecule is CCCc1c(NN)ncnc1N(C)Cc1cccs1. The van der Waals surface area contributed by atoms with Crippen LogP contribution < -0.4 is 16.2 Å². The smallest absolute Gasteiger partial charge is 0.148 e. The summed E-state index contributed by atoms with van der Waals surface area (Å²) in [5.74, 6) is 7.18. The first kappa shape index (κ1) is 13.8. The van der Waals surface area contributed by atoms with Crippen molar-refractivity contribution >= 4 is 23.0 Å². The summed E-state index contributed by atoms with van der Waals surface area (Å²) in [5, 5.41) is 2.09. The molecule has 0 atom stereocenters. The van der Waals surface area contributed by atoms with Gasteiger partial charge in [0.1, 0.15) is 18.0 Å². The standard InChI is InChI=1S/C13H19N5S/c1-3-5-11-12(17-14)15-9-16-13(11)18(2)8-10-6-4-7-19-10/h4,6-7,9H,3,5,8,14H2,1-2H3,(H,15,16,17). The van der Waals surface area contributed by atoms with Gasteiger partial charge in [-0.15, -0.1) is 11.3 Å². The van der Waals surface area contributed by atoms with E-state index in [1.54, 1.807) is 17.7 Å². The fourth-order valence-corrected chi connectivity index (χ4v) is 2.80. The number of thiophene rings is 1. The van der Waals surface area contributed by atoms with Crippen molar-refractivity contribution in [1.82, 2.24) is 9.97 Å². The van der Waals surface area contributed by atoms with Gasteiger partial charge in [-0.1, -0.05) is 19.4 Å². The highest BCUT2D eigenvalue weighted by molar-refractivity contribution is 7.09. The highest BCUT2D eigenvalue weighted by Gasteiger charge is 2.14. The van der Waals surface area contributed by atoms with Crippen molar-refractivity contribution in [3.63, 3.8) is 0 Å². The summed E-state index contributed by atoms with van der Waals surface area (Å²) in [5.41, 5.74) is 3.73. The van der Waals surface area contributed by atoms with Crippen molar-refractivity contribution in [3.05, 3.63) is 34.3 Å². The summed E-state index contributed by atoms with van der Waals surface area (Å²) in [6, 6.07) is 4.19. The van der Waals surface area contributed by atoms with Gasteiger partial charge in [0.15, 0.2) is 0 Å². The van der Waals surface area contributed by atoms with Gasteiger partial charge in [-0.3, -0.25) is 0 Å². The molecule has 0 unspecified atom stereocenters. The number of nitrogen functional groups attached to an aromatic ring is 1. The fraction of sp³-hybridized carbons (Fsp3) is 0.385. The fourth-order valence-electron chi connectivity index (χ4n) is 2.05. The Morgan fingerprint density at radius 2 is 2.26 bits per heavy atom. The maximum absolute atomic E-state index is 5.53. The van der Waals surface area contributed by atoms with Crippen LogP contribution in [0.15, 0.2) is 23.8 Å². The van der Waals surface area contributed by atoms with Crippen LogP contribution in [-0.2, 0) is 13.0 Å². The summed E-state index contributed by atoms with van der Waals surface area (Å²) >= 11 is 1.75. The third kappa shape index (κ3) is 3.21. The Balaban J connectivity index is 2.27. The van der Waals surface area contributed by atoms with Gasteiger partial charge < -0.3 is 10.3 Å². The first-order chi connectivity index (χ1) is 9.26. The Bertz CT molecular complexity index is 512. The van der Waals surface area contributed by atoms with Gasteiger partial charge in [-0.25, -0.2) is 15.8 Å². The van der Waals surface area contributed by atoms with Crippen LogP contribution in [0.4, 0.5) is 11.6 Å². The van der Waals surface area contributed by atoms with Gasteiger partial charge in [-0.05, 0) is 17.9 Å². The van der Waals surface area contributed by atoms with Crippen LogP contribution in [0.2, 0.25) is 0 Å². The lowest BCUT2D eigenvalue weighted by atomic mass is 10.1. The molecule has 0 aliphatic carbocycles. The predicted molar refractivity (Wildman–Crippen MR) is 80.3 cm³/mol. The zero-order valence-electron chi connectivity index (χ0n) is 11.3. The van der Waals surface area contributed by atoms with Crippen molar-refractivity contribution in [2.75, 3.05) is 17.4 Å². The molecule has 19 heavy (non-hydrogen) atoms. The summed E-state index contributed by atoms with van der Waals surface area (Å²) in [6.07, 6.45) is 3.49. The molecule has 2 aromatic heterocycles.